The molecule has 1 aromatic heterocycles. The number of nitro groups is 1. The molecule has 0 saturated carbocycles. The Morgan fingerprint density at radius 1 is 1.17 bits per heavy atom. The van der Waals surface area contributed by atoms with Gasteiger partial charge in [-0.25, -0.2) is 4.98 Å². The number of nitrogens with zero attached hydrogens (tertiary/aromatic N) is 3. The van der Waals surface area contributed by atoms with Crippen LogP contribution in [0.15, 0.2) is 36.8 Å². The third-order valence-electron chi connectivity index (χ3n) is 4.42. The van der Waals surface area contributed by atoms with E-state index in [4.69, 9.17) is 0 Å². The van der Waals surface area contributed by atoms with E-state index in [2.05, 4.69) is 10.3 Å². The Morgan fingerprint density at radius 2 is 1.79 bits per heavy atom. The Balaban J connectivity index is 2.13. The van der Waals surface area contributed by atoms with E-state index in [1.807, 2.05) is 13.8 Å². The second-order valence-corrected chi connectivity index (χ2v) is 7.22. The molecule has 0 radical (unpaired) electrons. The summed E-state index contributed by atoms with van der Waals surface area (Å²) in [6.07, 6.45) is 3.42. The fourth-order valence-electron chi connectivity index (χ4n) is 2.96. The molecule has 156 valence electrons. The molecule has 0 aliphatic heterocycles. The topological polar surface area (TPSA) is 148 Å². The number of hydrogen-bond acceptors (Lipinski definition) is 6. The summed E-state index contributed by atoms with van der Waals surface area (Å²) < 4.78 is 1.73. The van der Waals surface area contributed by atoms with E-state index in [1.54, 1.807) is 23.0 Å². The number of aliphatic carboxylic acids is 2. The fraction of sp³-hybridized carbons (Fsp3) is 0.421. The summed E-state index contributed by atoms with van der Waals surface area (Å²) in [6.45, 7) is 4.09. The van der Waals surface area contributed by atoms with Gasteiger partial charge < -0.3 is 14.8 Å². The van der Waals surface area contributed by atoms with Gasteiger partial charge in [0.05, 0.1) is 11.3 Å². The number of nitro benzene ring substituents is 1. The zero-order chi connectivity index (χ0) is 21.6. The summed E-state index contributed by atoms with van der Waals surface area (Å²) >= 11 is 0. The number of benzene rings is 1. The van der Waals surface area contributed by atoms with Crippen LogP contribution < -0.4 is 5.32 Å². The van der Waals surface area contributed by atoms with Crippen LogP contribution in [0.4, 0.5) is 5.69 Å². The lowest BCUT2D eigenvalue weighted by Crippen LogP contribution is -2.49. The lowest BCUT2D eigenvalue weighted by atomic mass is 10.0. The van der Waals surface area contributed by atoms with Crippen LogP contribution in [0.5, 0.6) is 0 Å². The van der Waals surface area contributed by atoms with Gasteiger partial charge >= 0.3 is 11.9 Å². The summed E-state index contributed by atoms with van der Waals surface area (Å²) in [5, 5.41) is 32.4. The molecule has 10 heteroatoms. The molecule has 1 heterocycles. The third-order valence-corrected chi connectivity index (χ3v) is 4.42. The summed E-state index contributed by atoms with van der Waals surface area (Å²) in [7, 11) is 0. The maximum absolute atomic E-state index is 11.7. The molecule has 0 amide bonds. The quantitative estimate of drug-likeness (QED) is 0.380. The second-order valence-electron chi connectivity index (χ2n) is 7.22. The van der Waals surface area contributed by atoms with Crippen molar-refractivity contribution in [2.24, 2.45) is 5.92 Å². The lowest BCUT2D eigenvalue weighted by molar-refractivity contribution is -0.384. The molecule has 2 atom stereocenters. The number of imidazole rings is 1. The maximum Gasteiger partial charge on any atom is 0.321 e. The Bertz CT molecular complexity index is 862. The number of rotatable bonds is 11. The van der Waals surface area contributed by atoms with Crippen LogP contribution in [-0.4, -0.2) is 48.7 Å². The van der Waals surface area contributed by atoms with Gasteiger partial charge in [-0.05, 0) is 17.9 Å². The van der Waals surface area contributed by atoms with Gasteiger partial charge in [-0.3, -0.25) is 25.0 Å². The minimum Gasteiger partial charge on any atom is -0.480 e. The van der Waals surface area contributed by atoms with E-state index in [0.29, 0.717) is 18.7 Å². The van der Waals surface area contributed by atoms with Crippen molar-refractivity contribution >= 4 is 17.6 Å². The van der Waals surface area contributed by atoms with Gasteiger partial charge in [-0.15, -0.1) is 0 Å². The Kier molecular flexibility index (Phi) is 7.43. The highest BCUT2D eigenvalue weighted by Crippen LogP contribution is 2.15. The molecule has 0 aliphatic rings. The van der Waals surface area contributed by atoms with Crippen molar-refractivity contribution in [1.82, 2.24) is 14.9 Å². The number of carbonyl (C=O) groups is 2. The van der Waals surface area contributed by atoms with Crippen LogP contribution in [-0.2, 0) is 22.6 Å². The van der Waals surface area contributed by atoms with E-state index < -0.39 is 28.9 Å². The van der Waals surface area contributed by atoms with Crippen molar-refractivity contribution in [3.05, 3.63) is 58.2 Å². The van der Waals surface area contributed by atoms with Gasteiger partial charge in [0.1, 0.15) is 12.1 Å². The molecule has 1 unspecified atom stereocenters. The fourth-order valence-corrected chi connectivity index (χ4v) is 2.96. The zero-order valence-corrected chi connectivity index (χ0v) is 16.2. The highest BCUT2D eigenvalue weighted by Gasteiger charge is 2.27. The van der Waals surface area contributed by atoms with Crippen molar-refractivity contribution in [3.8, 4) is 0 Å². The number of non-ortho nitro benzene ring substituents is 1. The average Bonchev–Trinajstić information content (AvgIpc) is 3.07. The molecule has 2 aromatic rings. The van der Waals surface area contributed by atoms with E-state index in [-0.39, 0.29) is 18.0 Å². The minimum absolute atomic E-state index is 0.0142. The standard InChI is InChI=1S/C19H24N4O6/c1-12(2)7-16(18(24)25)21-17(19(26)27)8-15-9-20-11-22(15)10-13-3-5-14(6-4-13)23(28)29/h3-6,9,11-12,16-17,21H,7-8,10H2,1-2H3,(H,24,25)(H,26,27)/t16?,17-/m0/s1. The highest BCUT2D eigenvalue weighted by atomic mass is 16.6. The van der Waals surface area contributed by atoms with Crippen molar-refractivity contribution in [1.29, 1.82) is 0 Å². The molecule has 0 fully saturated rings. The summed E-state index contributed by atoms with van der Waals surface area (Å²) in [6, 6.07) is 3.98. The van der Waals surface area contributed by atoms with Gasteiger partial charge in [0, 0.05) is 37.0 Å². The smallest absolute Gasteiger partial charge is 0.321 e. The average molecular weight is 404 g/mol. The molecule has 1 aromatic carbocycles. The largest absolute Gasteiger partial charge is 0.480 e. The van der Waals surface area contributed by atoms with E-state index >= 15 is 0 Å². The Morgan fingerprint density at radius 3 is 2.31 bits per heavy atom. The van der Waals surface area contributed by atoms with Crippen molar-refractivity contribution in [3.63, 3.8) is 0 Å². The number of carboxylic acids is 2. The third kappa shape index (κ3) is 6.39. The number of nitrogens with one attached hydrogen (secondary N) is 1. The lowest BCUT2D eigenvalue weighted by Gasteiger charge is -2.22. The van der Waals surface area contributed by atoms with Crippen LogP contribution in [0.1, 0.15) is 31.5 Å². The molecule has 0 aliphatic carbocycles. The minimum atomic E-state index is -1.15. The number of carboxylic acid groups (broad SMARTS) is 2. The van der Waals surface area contributed by atoms with Crippen LogP contribution in [0.25, 0.3) is 0 Å². The summed E-state index contributed by atoms with van der Waals surface area (Å²) in [5.74, 6) is -2.15. The first kappa shape index (κ1) is 22.0. The van der Waals surface area contributed by atoms with Crippen LogP contribution in [0.3, 0.4) is 0 Å². The molecular formula is C19H24N4O6. The van der Waals surface area contributed by atoms with Crippen LogP contribution in [0.2, 0.25) is 0 Å². The molecule has 0 bridgehead atoms. The van der Waals surface area contributed by atoms with Crippen molar-refractivity contribution in [2.45, 2.75) is 45.3 Å². The van der Waals surface area contributed by atoms with Crippen LogP contribution >= 0.6 is 0 Å². The van der Waals surface area contributed by atoms with E-state index in [0.717, 1.165) is 5.56 Å². The monoisotopic (exact) mass is 404 g/mol. The molecule has 10 nitrogen and oxygen atoms in total. The predicted molar refractivity (Wildman–Crippen MR) is 104 cm³/mol. The first-order chi connectivity index (χ1) is 13.7. The van der Waals surface area contributed by atoms with E-state index in [9.17, 15) is 29.9 Å². The Labute approximate surface area is 167 Å². The van der Waals surface area contributed by atoms with Crippen molar-refractivity contribution < 1.29 is 24.7 Å². The van der Waals surface area contributed by atoms with Gasteiger partial charge in [0.2, 0.25) is 0 Å². The normalized spacial score (nSPS) is 13.2. The second kappa shape index (κ2) is 9.78. The number of aromatic nitrogens is 2. The molecule has 0 saturated heterocycles. The van der Waals surface area contributed by atoms with Gasteiger partial charge in [-0.2, -0.15) is 0 Å². The zero-order valence-electron chi connectivity index (χ0n) is 16.2. The first-order valence-electron chi connectivity index (χ1n) is 9.11. The van der Waals surface area contributed by atoms with Gasteiger partial charge in [0.15, 0.2) is 0 Å². The molecule has 29 heavy (non-hydrogen) atoms. The molecule has 3 N–H and O–H groups in total. The summed E-state index contributed by atoms with van der Waals surface area (Å²) in [4.78, 5) is 37.5. The molecular weight excluding hydrogens is 380 g/mol. The van der Waals surface area contributed by atoms with Crippen molar-refractivity contribution in [2.75, 3.05) is 0 Å². The Hall–Kier alpha value is -3.27. The van der Waals surface area contributed by atoms with Gasteiger partial charge in [0.25, 0.3) is 5.69 Å². The van der Waals surface area contributed by atoms with Crippen LogP contribution in [0, 0.1) is 16.0 Å². The number of hydrogen-bond donors (Lipinski definition) is 3. The highest BCUT2D eigenvalue weighted by molar-refractivity contribution is 5.77. The summed E-state index contributed by atoms with van der Waals surface area (Å²) in [5.41, 5.74) is 1.38. The van der Waals surface area contributed by atoms with E-state index in [1.165, 1.54) is 18.3 Å². The predicted octanol–water partition coefficient (Wildman–Crippen LogP) is 1.92. The van der Waals surface area contributed by atoms with Gasteiger partial charge in [-0.1, -0.05) is 26.0 Å². The SMILES string of the molecule is CC(C)CC(N[C@@H](Cc1cncn1Cc1ccc([N+](=O)[O-])cc1)C(=O)O)C(=O)O. The molecule has 0 spiro atoms. The first-order valence-corrected chi connectivity index (χ1v) is 9.11. The molecule has 2 rings (SSSR count). The maximum atomic E-state index is 11.7.